The van der Waals surface area contributed by atoms with Crippen LogP contribution in [0.4, 0.5) is 0 Å². The maximum Gasteiger partial charge on any atom is 0.326 e. The average Bonchev–Trinajstić information content (AvgIpc) is 4.22. The second-order valence-corrected chi connectivity index (χ2v) is 18.7. The highest BCUT2D eigenvalue weighted by atomic mass is 16.8. The van der Waals surface area contributed by atoms with Crippen molar-refractivity contribution in [2.75, 3.05) is 20.3 Å². The van der Waals surface area contributed by atoms with Gasteiger partial charge in [-0.25, -0.2) is 24.4 Å². The number of hydrogen-bond donors (Lipinski definition) is 21. The third-order valence-corrected chi connectivity index (χ3v) is 13.3. The number of aliphatic carboxylic acids is 3. The number of aliphatic imine (C=N–C) groups is 2. The first-order valence-electron chi connectivity index (χ1n) is 24.1. The number of hydrogen-bond acceptors (Lipinski definition) is 26. The molecule has 7 rings (SSSR count). The minimum atomic E-state index is -2.50. The summed E-state index contributed by atoms with van der Waals surface area (Å²) in [6.07, 6.45) is -24.7. The van der Waals surface area contributed by atoms with Crippen LogP contribution in [0.3, 0.4) is 0 Å². The number of carboxylic acid groups (broad SMARTS) is 3. The average molecular weight is 1130 g/mol. The molecule has 0 aromatic heterocycles. The molecule has 7 fully saturated rings. The summed E-state index contributed by atoms with van der Waals surface area (Å²) in [7, 11) is 1.36. The lowest BCUT2D eigenvalue weighted by Crippen LogP contribution is -2.68. The molecule has 25 N–H and O–H groups in total. The summed E-state index contributed by atoms with van der Waals surface area (Å²) in [5.41, 5.74) is 19.4. The van der Waals surface area contributed by atoms with Crippen molar-refractivity contribution in [1.82, 2.24) is 21.3 Å². The Kier molecular flexibility index (Phi) is 23.7. The van der Waals surface area contributed by atoms with Gasteiger partial charge >= 0.3 is 17.9 Å². The van der Waals surface area contributed by atoms with Gasteiger partial charge in [0.15, 0.2) is 42.7 Å². The fourth-order valence-corrected chi connectivity index (χ4v) is 8.97. The fraction of sp³-hybridized carbons (Fsp3) is 0.786. The Balaban J connectivity index is 0.000000387. The van der Waals surface area contributed by atoms with Gasteiger partial charge in [0.2, 0.25) is 17.7 Å². The lowest BCUT2D eigenvalue weighted by Gasteiger charge is -2.48. The summed E-state index contributed by atoms with van der Waals surface area (Å²) < 4.78 is 34.6. The summed E-state index contributed by atoms with van der Waals surface area (Å²) in [6, 6.07) is -6.33. The van der Waals surface area contributed by atoms with Crippen molar-refractivity contribution >= 4 is 53.8 Å². The molecule has 78 heavy (non-hydrogen) atoms. The Bertz CT molecular complexity index is 2060. The van der Waals surface area contributed by atoms with E-state index < -0.39 is 183 Å². The molecule has 6 saturated heterocycles. The smallest absolute Gasteiger partial charge is 0.326 e. The Morgan fingerprint density at radius 2 is 1.06 bits per heavy atom. The summed E-state index contributed by atoms with van der Waals surface area (Å²) >= 11 is 0. The van der Waals surface area contributed by atoms with Gasteiger partial charge in [-0.1, -0.05) is 0 Å². The quantitative estimate of drug-likeness (QED) is 0.0411. The molecule has 0 aromatic carbocycles. The van der Waals surface area contributed by atoms with E-state index in [1.54, 1.807) is 0 Å². The van der Waals surface area contributed by atoms with E-state index in [4.69, 9.17) is 66.7 Å². The summed E-state index contributed by atoms with van der Waals surface area (Å²) in [5, 5.41) is 141. The highest BCUT2D eigenvalue weighted by Gasteiger charge is 2.61. The van der Waals surface area contributed by atoms with E-state index in [0.29, 0.717) is 38.5 Å². The number of aldehydes is 1. The first kappa shape index (κ1) is 64.9. The zero-order valence-electron chi connectivity index (χ0n) is 41.8. The number of guanidine groups is 2. The Morgan fingerprint density at radius 3 is 1.45 bits per heavy atom. The van der Waals surface area contributed by atoms with Gasteiger partial charge in [0.1, 0.15) is 103 Å². The van der Waals surface area contributed by atoms with Crippen LogP contribution in [0, 0.1) is 0 Å². The number of carbonyl (C=O) groups excluding carboxylic acids is 4. The van der Waals surface area contributed by atoms with Crippen LogP contribution in [0.1, 0.15) is 45.4 Å². The number of nitrogens with zero attached hydrogens (tertiary/aromatic N) is 2. The maximum atomic E-state index is 12.3. The van der Waals surface area contributed by atoms with Crippen LogP contribution < -0.4 is 44.2 Å². The zero-order valence-corrected chi connectivity index (χ0v) is 41.8. The molecule has 1 aliphatic carbocycles. The first-order valence-corrected chi connectivity index (χ1v) is 24.1. The second-order valence-electron chi connectivity index (χ2n) is 18.7. The Labute approximate surface area is 441 Å². The van der Waals surface area contributed by atoms with Crippen LogP contribution in [0.5, 0.6) is 0 Å². The monoisotopic (exact) mass is 1130 g/mol. The number of amides is 3. The molecule has 444 valence electrons. The number of likely N-dealkylation sites (N-methyl/N-ethyl adjacent to an activating group) is 1. The third kappa shape index (κ3) is 15.8. The normalized spacial score (nSPS) is 40.9. The van der Waals surface area contributed by atoms with Crippen LogP contribution >= 0.6 is 0 Å². The minimum Gasteiger partial charge on any atom is -0.480 e. The number of aliphatic hydroxyl groups is 10. The van der Waals surface area contributed by atoms with Crippen molar-refractivity contribution in [3.8, 4) is 0 Å². The predicted octanol–water partition coefficient (Wildman–Crippen LogP) is -12.3. The second kappa shape index (κ2) is 28.5. The standard InChI is InChI=1S/C27H49N7O17.3C5H7NO3/c1-6-27(45,5-37)21(24(46-6)50-20-10(34-26(30)31)13(39)9(33-25(28)29)14(40)17(20)43)51-22-11(32-2)15(41)19(8(4-36)48-22)49-23-18(44)16(42)12(38)7(3-35)47-23;3*7-4-2-1-3(6-4)5(8)9/h5-24,32,35-36,38-45H,3-4H2,1-2H3,(H4,28,29,33)(H4,30,31,34);3*3H,1-2H2,(H,6,7)(H,8,9)/t6-,7+,8-,9+,10-,11-,12+,13+,14?,15-,16-,17+,18-,19-,20+,21-,22-,23-,24-,27+;3*3-/m0000/s1. The van der Waals surface area contributed by atoms with Gasteiger partial charge in [-0.15, -0.1) is 0 Å². The van der Waals surface area contributed by atoms with Crippen molar-refractivity contribution < 1.29 is 128 Å². The van der Waals surface area contributed by atoms with E-state index in [0.717, 1.165) is 0 Å². The van der Waals surface area contributed by atoms with Gasteiger partial charge in [0.05, 0.1) is 25.4 Å². The van der Waals surface area contributed by atoms with E-state index in [1.807, 2.05) is 0 Å². The molecule has 3 amide bonds. The zero-order chi connectivity index (χ0) is 58.7. The van der Waals surface area contributed by atoms with Gasteiger partial charge in [-0.2, -0.15) is 0 Å². The van der Waals surface area contributed by atoms with Gasteiger partial charge in [-0.3, -0.25) is 19.2 Å². The molecule has 36 nitrogen and oxygen atoms in total. The van der Waals surface area contributed by atoms with Crippen molar-refractivity contribution in [3.63, 3.8) is 0 Å². The van der Waals surface area contributed by atoms with Crippen LogP contribution in [-0.4, -0.2) is 281 Å². The number of carboxylic acids is 3. The molecular formula is C42H70N10O26. The van der Waals surface area contributed by atoms with Crippen LogP contribution in [0.25, 0.3) is 0 Å². The molecule has 6 aliphatic heterocycles. The number of rotatable bonds is 15. The van der Waals surface area contributed by atoms with Crippen LogP contribution in [0.2, 0.25) is 0 Å². The van der Waals surface area contributed by atoms with Gasteiger partial charge in [-0.05, 0) is 33.2 Å². The minimum absolute atomic E-state index is 0.0944. The summed E-state index contributed by atoms with van der Waals surface area (Å²) in [6.45, 7) is -0.340. The lowest BCUT2D eigenvalue weighted by molar-refractivity contribution is -0.357. The Morgan fingerprint density at radius 1 is 0.615 bits per heavy atom. The number of carbonyl (C=O) groups is 7. The van der Waals surface area contributed by atoms with E-state index in [9.17, 15) is 84.6 Å². The highest BCUT2D eigenvalue weighted by molar-refractivity contribution is 5.88. The molecule has 1 saturated carbocycles. The van der Waals surface area contributed by atoms with E-state index in [2.05, 4.69) is 31.3 Å². The molecule has 0 spiro atoms. The molecule has 6 heterocycles. The molecule has 7 aliphatic rings. The lowest BCUT2D eigenvalue weighted by atomic mass is 9.81. The number of nitrogens with one attached hydrogen (secondary N) is 4. The number of ether oxygens (including phenoxy) is 6. The topological polar surface area (TPSA) is 615 Å². The largest absolute Gasteiger partial charge is 0.480 e. The molecule has 1 unspecified atom stereocenters. The molecule has 0 aromatic rings. The number of nitrogens with two attached hydrogens (primary N) is 4. The first-order chi connectivity index (χ1) is 36.5. The van der Waals surface area contributed by atoms with Gasteiger partial charge < -0.3 is 139 Å². The van der Waals surface area contributed by atoms with Gasteiger partial charge in [0.25, 0.3) is 0 Å². The SMILES string of the molecule is CN[C@@H]1[C@H](O[C@H]2[C@H](O[C@@H]3[C@@H](N=C(N)N)[C@H](O)[C@@H](N=C(N)N)C(O)[C@H]3O)O[C@@H](C)[C@]2(O)C=O)O[C@@H](CO)[C@H](O[C@@H]2O[C@H](CO)[C@@H](O)[C@H](O)[C@@H]2O)[C@H]1O.O=C1CC[C@@H](C(=O)O)N1.O=C1CC[C@@H](C(=O)O)N1.O=C1CC[C@@H](C(=O)O)N1. The third-order valence-electron chi connectivity index (χ3n) is 13.3. The van der Waals surface area contributed by atoms with Crippen molar-refractivity contribution in [2.24, 2.45) is 32.9 Å². The molecule has 23 atom stereocenters. The fourth-order valence-electron chi connectivity index (χ4n) is 8.97. The van der Waals surface area contributed by atoms with Crippen molar-refractivity contribution in [2.45, 2.75) is 186 Å². The van der Waals surface area contributed by atoms with Gasteiger partial charge in [0, 0.05) is 19.3 Å². The van der Waals surface area contributed by atoms with Crippen LogP contribution in [0.15, 0.2) is 9.98 Å². The van der Waals surface area contributed by atoms with Crippen LogP contribution in [-0.2, 0) is 62.0 Å². The maximum absolute atomic E-state index is 12.3. The van der Waals surface area contributed by atoms with E-state index >= 15 is 0 Å². The molecule has 0 radical (unpaired) electrons. The Hall–Kier alpha value is -5.65. The summed E-state index contributed by atoms with van der Waals surface area (Å²) in [4.78, 5) is 81.5. The number of aliphatic hydroxyl groups excluding tert-OH is 9. The van der Waals surface area contributed by atoms with Crippen molar-refractivity contribution in [3.05, 3.63) is 0 Å². The molecule has 0 bridgehead atoms. The molecule has 36 heteroatoms. The molecular weight excluding hydrogens is 1060 g/mol. The van der Waals surface area contributed by atoms with E-state index in [1.165, 1.54) is 14.0 Å². The summed E-state index contributed by atoms with van der Waals surface area (Å²) in [5.74, 6) is -4.44. The predicted molar refractivity (Wildman–Crippen MR) is 252 cm³/mol. The van der Waals surface area contributed by atoms with E-state index in [-0.39, 0.29) is 24.0 Å². The highest BCUT2D eigenvalue weighted by Crippen LogP contribution is 2.39. The van der Waals surface area contributed by atoms with Crippen molar-refractivity contribution in [1.29, 1.82) is 0 Å².